The molecular weight excluding hydrogens is 357 g/mol. The van der Waals surface area contributed by atoms with Crippen molar-refractivity contribution in [2.45, 2.75) is 32.0 Å². The number of halogens is 1. The number of hydrogen-bond acceptors (Lipinski definition) is 3. The Labute approximate surface area is 131 Å². The number of guanidine groups is 1. The zero-order chi connectivity index (χ0) is 12.5. The van der Waals surface area contributed by atoms with Crippen LogP contribution in [-0.4, -0.2) is 61.0 Å². The zero-order valence-corrected chi connectivity index (χ0v) is 13.7. The second kappa shape index (κ2) is 6.58. The van der Waals surface area contributed by atoms with Gasteiger partial charge in [0.15, 0.2) is 5.96 Å². The molecule has 2 bridgehead atoms. The third-order valence-electron chi connectivity index (χ3n) is 4.45. The fraction of sp³-hybridized carbons (Fsp3) is 0.923. The van der Waals surface area contributed by atoms with E-state index in [0.29, 0.717) is 30.6 Å². The summed E-state index contributed by atoms with van der Waals surface area (Å²) in [6, 6.07) is 0. The molecule has 3 aliphatic heterocycles. The summed E-state index contributed by atoms with van der Waals surface area (Å²) >= 11 is 0. The molecule has 2 N–H and O–H groups in total. The lowest BCUT2D eigenvalue weighted by Gasteiger charge is -2.23. The molecule has 0 aliphatic carbocycles. The van der Waals surface area contributed by atoms with E-state index in [1.54, 1.807) is 0 Å². The molecule has 110 valence electrons. The first-order valence-electron chi connectivity index (χ1n) is 7.13. The molecule has 5 nitrogen and oxygen atoms in total. The van der Waals surface area contributed by atoms with Gasteiger partial charge in [-0.2, -0.15) is 0 Å². The number of rotatable bonds is 3. The molecule has 3 heterocycles. The number of likely N-dealkylation sites (tertiary alicyclic amines) is 1. The van der Waals surface area contributed by atoms with E-state index in [1.807, 2.05) is 0 Å². The van der Waals surface area contributed by atoms with Crippen LogP contribution in [0, 0.1) is 11.8 Å². The molecule has 0 aromatic rings. The van der Waals surface area contributed by atoms with Crippen LogP contribution in [-0.2, 0) is 4.74 Å². The lowest BCUT2D eigenvalue weighted by atomic mass is 9.82. The Morgan fingerprint density at radius 3 is 2.47 bits per heavy atom. The average Bonchev–Trinajstić information content (AvgIpc) is 3.04. The molecule has 4 atom stereocenters. The number of aliphatic imine (C=N–C) groups is 1. The van der Waals surface area contributed by atoms with Crippen LogP contribution in [0.4, 0.5) is 0 Å². The summed E-state index contributed by atoms with van der Waals surface area (Å²) < 4.78 is 5.98. The van der Waals surface area contributed by atoms with Crippen LogP contribution in [0.3, 0.4) is 0 Å². The van der Waals surface area contributed by atoms with E-state index < -0.39 is 0 Å². The van der Waals surface area contributed by atoms with Crippen LogP contribution in [0.1, 0.15) is 19.8 Å². The Morgan fingerprint density at radius 2 is 1.95 bits per heavy atom. The fourth-order valence-electron chi connectivity index (χ4n) is 3.71. The molecule has 3 rings (SSSR count). The molecule has 3 aliphatic rings. The van der Waals surface area contributed by atoms with Gasteiger partial charge in [0.2, 0.25) is 0 Å². The van der Waals surface area contributed by atoms with Crippen molar-refractivity contribution in [2.24, 2.45) is 16.8 Å². The molecule has 0 aromatic carbocycles. The number of ether oxygens (including phenoxy) is 1. The Morgan fingerprint density at radius 1 is 1.32 bits per heavy atom. The summed E-state index contributed by atoms with van der Waals surface area (Å²) in [6.07, 6.45) is 3.46. The highest BCUT2D eigenvalue weighted by molar-refractivity contribution is 14.0. The van der Waals surface area contributed by atoms with Gasteiger partial charge in [-0.15, -0.1) is 24.0 Å². The van der Waals surface area contributed by atoms with E-state index in [-0.39, 0.29) is 30.6 Å². The lowest BCUT2D eigenvalue weighted by molar-refractivity contribution is 0.0767. The van der Waals surface area contributed by atoms with Gasteiger partial charge < -0.3 is 20.1 Å². The van der Waals surface area contributed by atoms with Gasteiger partial charge in [0.25, 0.3) is 0 Å². The highest BCUT2D eigenvalue weighted by atomic mass is 127. The summed E-state index contributed by atoms with van der Waals surface area (Å²) in [6.45, 7) is 5.67. The molecule has 0 radical (unpaired) electrons. The Kier molecular flexibility index (Phi) is 5.30. The fourth-order valence-corrected chi connectivity index (χ4v) is 3.71. The number of nitrogens with one attached hydrogen (secondary N) is 1. The third kappa shape index (κ3) is 2.85. The maximum atomic E-state index is 8.91. The molecule has 4 unspecified atom stereocenters. The minimum absolute atomic E-state index is 0. The number of aliphatic hydroxyl groups excluding tert-OH is 1. The first-order chi connectivity index (χ1) is 8.83. The monoisotopic (exact) mass is 381 g/mol. The molecule has 3 fully saturated rings. The second-order valence-corrected chi connectivity index (χ2v) is 5.48. The molecule has 3 saturated heterocycles. The average molecular weight is 381 g/mol. The predicted octanol–water partition coefficient (Wildman–Crippen LogP) is 0.671. The van der Waals surface area contributed by atoms with Gasteiger partial charge >= 0.3 is 0 Å². The van der Waals surface area contributed by atoms with Crippen LogP contribution in [0.25, 0.3) is 0 Å². The Bertz CT molecular complexity index is 322. The third-order valence-corrected chi connectivity index (χ3v) is 4.45. The highest BCUT2D eigenvalue weighted by Crippen LogP contribution is 2.47. The van der Waals surface area contributed by atoms with Crippen LogP contribution in [0.2, 0.25) is 0 Å². The van der Waals surface area contributed by atoms with E-state index in [9.17, 15) is 0 Å². The summed E-state index contributed by atoms with van der Waals surface area (Å²) in [7, 11) is 0. The topological polar surface area (TPSA) is 57.1 Å². The molecule has 0 amide bonds. The molecule has 0 spiro atoms. The maximum absolute atomic E-state index is 8.91. The number of nitrogens with zero attached hydrogens (tertiary/aromatic N) is 2. The molecular formula is C13H24IN3O2. The predicted molar refractivity (Wildman–Crippen MR) is 84.9 cm³/mol. The van der Waals surface area contributed by atoms with Crippen LogP contribution in [0.15, 0.2) is 4.99 Å². The minimum Gasteiger partial charge on any atom is -0.394 e. The molecule has 6 heteroatoms. The lowest BCUT2D eigenvalue weighted by Crippen LogP contribution is -2.41. The minimum atomic E-state index is 0. The van der Waals surface area contributed by atoms with Gasteiger partial charge in [-0.1, -0.05) is 0 Å². The number of aliphatic hydroxyl groups is 1. The van der Waals surface area contributed by atoms with Crippen molar-refractivity contribution in [3.8, 4) is 0 Å². The first kappa shape index (κ1) is 15.3. The van der Waals surface area contributed by atoms with E-state index in [0.717, 1.165) is 25.6 Å². The van der Waals surface area contributed by atoms with Crippen molar-refractivity contribution >= 4 is 29.9 Å². The Balaban J connectivity index is 0.00000133. The van der Waals surface area contributed by atoms with Gasteiger partial charge in [-0.05, 0) is 19.8 Å². The molecule has 0 saturated carbocycles. The van der Waals surface area contributed by atoms with Crippen molar-refractivity contribution in [1.82, 2.24) is 10.2 Å². The van der Waals surface area contributed by atoms with Crippen molar-refractivity contribution in [3.05, 3.63) is 0 Å². The Hall–Kier alpha value is -0.0800. The van der Waals surface area contributed by atoms with E-state index in [2.05, 4.69) is 22.1 Å². The highest BCUT2D eigenvalue weighted by Gasteiger charge is 2.53. The van der Waals surface area contributed by atoms with Gasteiger partial charge in [-0.3, -0.25) is 4.99 Å². The summed E-state index contributed by atoms with van der Waals surface area (Å²) in [5.41, 5.74) is 0. The summed E-state index contributed by atoms with van der Waals surface area (Å²) in [5, 5.41) is 12.2. The van der Waals surface area contributed by atoms with E-state index in [1.165, 1.54) is 12.8 Å². The van der Waals surface area contributed by atoms with Crippen molar-refractivity contribution < 1.29 is 9.84 Å². The first-order valence-corrected chi connectivity index (χ1v) is 7.13. The smallest absolute Gasteiger partial charge is 0.194 e. The SMILES string of the molecule is CCNC(=NCCO)N1CC2C3CCC(O3)C2C1.I. The normalized spacial score (nSPS) is 36.3. The second-order valence-electron chi connectivity index (χ2n) is 5.48. The van der Waals surface area contributed by atoms with Crippen LogP contribution < -0.4 is 5.32 Å². The largest absolute Gasteiger partial charge is 0.394 e. The van der Waals surface area contributed by atoms with Gasteiger partial charge in [0, 0.05) is 31.5 Å². The summed E-state index contributed by atoms with van der Waals surface area (Å²) in [5.74, 6) is 2.35. The van der Waals surface area contributed by atoms with Gasteiger partial charge in [-0.25, -0.2) is 0 Å². The van der Waals surface area contributed by atoms with Gasteiger partial charge in [0.1, 0.15) is 0 Å². The maximum Gasteiger partial charge on any atom is 0.194 e. The summed E-state index contributed by atoms with van der Waals surface area (Å²) in [4.78, 5) is 6.80. The van der Waals surface area contributed by atoms with Crippen molar-refractivity contribution in [2.75, 3.05) is 32.8 Å². The quantitative estimate of drug-likeness (QED) is 0.429. The molecule has 0 aromatic heterocycles. The van der Waals surface area contributed by atoms with E-state index in [4.69, 9.17) is 9.84 Å². The standard InChI is InChI=1S/C13H23N3O2.HI/c1-2-14-13(15-5-6-17)16-7-9-10(8-16)12-4-3-11(9)18-12;/h9-12,17H,2-8H2,1H3,(H,14,15);1H. The van der Waals surface area contributed by atoms with Crippen LogP contribution >= 0.6 is 24.0 Å². The molecule has 19 heavy (non-hydrogen) atoms. The van der Waals surface area contributed by atoms with Crippen LogP contribution in [0.5, 0.6) is 0 Å². The van der Waals surface area contributed by atoms with Crippen molar-refractivity contribution in [3.63, 3.8) is 0 Å². The van der Waals surface area contributed by atoms with Gasteiger partial charge in [0.05, 0.1) is 25.4 Å². The number of fused-ring (bicyclic) bond motifs is 5. The number of hydrogen-bond donors (Lipinski definition) is 2. The van der Waals surface area contributed by atoms with E-state index >= 15 is 0 Å². The van der Waals surface area contributed by atoms with Crippen molar-refractivity contribution in [1.29, 1.82) is 0 Å². The zero-order valence-electron chi connectivity index (χ0n) is 11.4.